The zero-order valence-electron chi connectivity index (χ0n) is 12.2. The minimum absolute atomic E-state index is 0.206. The molecule has 3 aromatic heterocycles. The highest BCUT2D eigenvalue weighted by molar-refractivity contribution is 5.72. The van der Waals surface area contributed by atoms with E-state index in [1.54, 1.807) is 24.8 Å². The van der Waals surface area contributed by atoms with Gasteiger partial charge in [0.25, 0.3) is 5.56 Å². The van der Waals surface area contributed by atoms with Gasteiger partial charge >= 0.3 is 0 Å². The topological polar surface area (TPSA) is 76.5 Å². The zero-order chi connectivity index (χ0) is 15.6. The third kappa shape index (κ3) is 2.50. The molecular formula is C17H13N5O. The Kier molecular flexibility index (Phi) is 3.20. The Hall–Kier alpha value is -3.28. The van der Waals surface area contributed by atoms with Crippen LogP contribution < -0.4 is 5.56 Å². The molecule has 0 saturated heterocycles. The zero-order valence-corrected chi connectivity index (χ0v) is 12.2. The van der Waals surface area contributed by atoms with E-state index in [0.29, 0.717) is 23.5 Å². The maximum absolute atomic E-state index is 12.5. The molecule has 6 heteroatoms. The van der Waals surface area contributed by atoms with Crippen LogP contribution in [0.5, 0.6) is 0 Å². The van der Waals surface area contributed by atoms with E-state index < -0.39 is 0 Å². The van der Waals surface area contributed by atoms with Crippen LogP contribution in [0.3, 0.4) is 0 Å². The minimum Gasteiger partial charge on any atom is -0.320 e. The summed E-state index contributed by atoms with van der Waals surface area (Å²) in [5.41, 5.74) is 2.55. The van der Waals surface area contributed by atoms with Crippen molar-refractivity contribution in [1.29, 1.82) is 0 Å². The van der Waals surface area contributed by atoms with Gasteiger partial charge in [0.1, 0.15) is 5.82 Å². The van der Waals surface area contributed by atoms with Crippen molar-refractivity contribution in [2.75, 3.05) is 0 Å². The van der Waals surface area contributed by atoms with E-state index in [0.717, 1.165) is 11.1 Å². The van der Waals surface area contributed by atoms with Crippen molar-refractivity contribution in [3.63, 3.8) is 0 Å². The molecule has 0 amide bonds. The molecular weight excluding hydrogens is 290 g/mol. The summed E-state index contributed by atoms with van der Waals surface area (Å²) in [6.07, 6.45) is 4.98. The Balaban J connectivity index is 1.80. The van der Waals surface area contributed by atoms with Crippen LogP contribution in [0.2, 0.25) is 0 Å². The van der Waals surface area contributed by atoms with Crippen LogP contribution in [0.1, 0.15) is 5.56 Å². The van der Waals surface area contributed by atoms with Crippen molar-refractivity contribution in [1.82, 2.24) is 24.5 Å². The molecule has 0 aliphatic rings. The summed E-state index contributed by atoms with van der Waals surface area (Å²) < 4.78 is 1.81. The van der Waals surface area contributed by atoms with Gasteiger partial charge < -0.3 is 9.55 Å². The largest absolute Gasteiger partial charge is 0.320 e. The van der Waals surface area contributed by atoms with Crippen molar-refractivity contribution < 1.29 is 0 Å². The molecule has 3 heterocycles. The molecule has 4 aromatic rings. The molecule has 112 valence electrons. The molecule has 0 fully saturated rings. The molecule has 0 atom stereocenters. The average molecular weight is 303 g/mol. The van der Waals surface area contributed by atoms with Crippen LogP contribution in [0, 0.1) is 0 Å². The second kappa shape index (κ2) is 5.49. The summed E-state index contributed by atoms with van der Waals surface area (Å²) in [5.74, 6) is 0.473. The highest BCUT2D eigenvalue weighted by Crippen LogP contribution is 2.15. The van der Waals surface area contributed by atoms with E-state index in [1.165, 1.54) is 0 Å². The second-order valence-electron chi connectivity index (χ2n) is 5.19. The smallest absolute Gasteiger partial charge is 0.277 e. The summed E-state index contributed by atoms with van der Waals surface area (Å²) in [6.45, 7) is 0.578. The van der Waals surface area contributed by atoms with E-state index in [1.807, 2.05) is 41.0 Å². The highest BCUT2D eigenvalue weighted by Gasteiger charge is 2.11. The molecule has 6 nitrogen and oxygen atoms in total. The molecule has 0 aliphatic carbocycles. The van der Waals surface area contributed by atoms with Crippen molar-refractivity contribution in [2.45, 2.75) is 6.54 Å². The van der Waals surface area contributed by atoms with E-state index in [9.17, 15) is 4.79 Å². The fraction of sp³-hybridized carbons (Fsp3) is 0.0588. The first kappa shape index (κ1) is 13.4. The van der Waals surface area contributed by atoms with Gasteiger partial charge in [0.2, 0.25) is 0 Å². The number of imidazole rings is 1. The standard InChI is InChI=1S/C17H13N5O/c23-17-14-16(20-15(21-17)13-7-4-8-18-9-13)19-11-22(14)10-12-5-2-1-3-6-12/h1-9,11H,10H2,(H,20,21,23). The molecule has 1 aromatic carbocycles. The fourth-order valence-corrected chi connectivity index (χ4v) is 2.53. The van der Waals surface area contributed by atoms with Crippen LogP contribution in [0.15, 0.2) is 66.0 Å². The van der Waals surface area contributed by atoms with E-state index >= 15 is 0 Å². The predicted octanol–water partition coefficient (Wildman–Crippen LogP) is 2.23. The second-order valence-corrected chi connectivity index (χ2v) is 5.19. The summed E-state index contributed by atoms with van der Waals surface area (Å²) in [6, 6.07) is 13.6. The van der Waals surface area contributed by atoms with Gasteiger partial charge in [0.05, 0.1) is 6.33 Å². The lowest BCUT2D eigenvalue weighted by atomic mass is 10.2. The summed E-state index contributed by atoms with van der Waals surface area (Å²) in [4.78, 5) is 28.0. The van der Waals surface area contributed by atoms with Crippen LogP contribution in [-0.2, 0) is 6.54 Å². The predicted molar refractivity (Wildman–Crippen MR) is 86.9 cm³/mol. The first-order chi connectivity index (χ1) is 11.3. The van der Waals surface area contributed by atoms with Crippen molar-refractivity contribution >= 4 is 11.2 Å². The van der Waals surface area contributed by atoms with Gasteiger partial charge in [-0.15, -0.1) is 0 Å². The van der Waals surface area contributed by atoms with Crippen molar-refractivity contribution in [3.8, 4) is 11.4 Å². The Morgan fingerprint density at radius 1 is 1.09 bits per heavy atom. The molecule has 0 unspecified atom stereocenters. The van der Waals surface area contributed by atoms with Crippen LogP contribution in [0.4, 0.5) is 0 Å². The molecule has 0 radical (unpaired) electrons. The Morgan fingerprint density at radius 3 is 2.74 bits per heavy atom. The highest BCUT2D eigenvalue weighted by atomic mass is 16.1. The number of nitrogens with zero attached hydrogens (tertiary/aromatic N) is 4. The van der Waals surface area contributed by atoms with Gasteiger partial charge in [-0.05, 0) is 17.7 Å². The van der Waals surface area contributed by atoms with Crippen LogP contribution in [0.25, 0.3) is 22.6 Å². The molecule has 23 heavy (non-hydrogen) atoms. The quantitative estimate of drug-likeness (QED) is 0.629. The molecule has 0 saturated carbocycles. The van der Waals surface area contributed by atoms with Gasteiger partial charge in [-0.1, -0.05) is 30.3 Å². The van der Waals surface area contributed by atoms with Crippen molar-refractivity contribution in [2.24, 2.45) is 0 Å². The van der Waals surface area contributed by atoms with E-state index in [4.69, 9.17) is 0 Å². The first-order valence-corrected chi connectivity index (χ1v) is 7.21. The Labute approximate surface area is 131 Å². The molecule has 1 N–H and O–H groups in total. The molecule has 4 rings (SSSR count). The number of aromatic amines is 1. The van der Waals surface area contributed by atoms with Gasteiger partial charge in [-0.25, -0.2) is 9.97 Å². The SMILES string of the molecule is O=c1[nH]c(-c2cccnc2)nc2ncn(Cc3ccccc3)c12. The molecule has 0 aliphatic heterocycles. The Bertz CT molecular complexity index is 1010. The number of pyridine rings is 1. The average Bonchev–Trinajstić information content (AvgIpc) is 3.00. The van der Waals surface area contributed by atoms with Gasteiger partial charge in [-0.3, -0.25) is 9.78 Å². The number of rotatable bonds is 3. The van der Waals surface area contributed by atoms with Gasteiger partial charge in [-0.2, -0.15) is 0 Å². The normalized spacial score (nSPS) is 11.0. The number of aromatic nitrogens is 5. The fourth-order valence-electron chi connectivity index (χ4n) is 2.53. The van der Waals surface area contributed by atoms with Gasteiger partial charge in [0.15, 0.2) is 11.2 Å². The lowest BCUT2D eigenvalue weighted by Gasteiger charge is -2.04. The number of fused-ring (bicyclic) bond motifs is 1. The van der Waals surface area contributed by atoms with E-state index in [-0.39, 0.29) is 5.56 Å². The third-order valence-electron chi connectivity index (χ3n) is 3.61. The van der Waals surface area contributed by atoms with E-state index in [2.05, 4.69) is 19.9 Å². The van der Waals surface area contributed by atoms with Crippen molar-refractivity contribution in [3.05, 3.63) is 77.1 Å². The summed E-state index contributed by atoms with van der Waals surface area (Å²) in [5, 5.41) is 0. The number of benzene rings is 1. The number of hydrogen-bond acceptors (Lipinski definition) is 4. The molecule has 0 bridgehead atoms. The number of H-pyrrole nitrogens is 1. The lowest BCUT2D eigenvalue weighted by Crippen LogP contribution is -2.13. The number of hydrogen-bond donors (Lipinski definition) is 1. The maximum atomic E-state index is 12.5. The van der Waals surface area contributed by atoms with Crippen LogP contribution >= 0.6 is 0 Å². The summed E-state index contributed by atoms with van der Waals surface area (Å²) in [7, 11) is 0. The lowest BCUT2D eigenvalue weighted by molar-refractivity contribution is 0.819. The maximum Gasteiger partial charge on any atom is 0.277 e. The summed E-state index contributed by atoms with van der Waals surface area (Å²) >= 11 is 0. The number of nitrogens with one attached hydrogen (secondary N) is 1. The minimum atomic E-state index is -0.206. The molecule has 0 spiro atoms. The first-order valence-electron chi connectivity index (χ1n) is 7.21. The Morgan fingerprint density at radius 2 is 1.96 bits per heavy atom. The van der Waals surface area contributed by atoms with Gasteiger partial charge in [0, 0.05) is 24.5 Å². The van der Waals surface area contributed by atoms with Crippen LogP contribution in [-0.4, -0.2) is 24.5 Å². The third-order valence-corrected chi connectivity index (χ3v) is 3.61. The monoisotopic (exact) mass is 303 g/mol.